The monoisotopic (exact) mass is 397 g/mol. The van der Waals surface area contributed by atoms with Gasteiger partial charge in [0.25, 0.3) is 0 Å². The molecule has 72 valence electrons. The summed E-state index contributed by atoms with van der Waals surface area (Å²) >= 11 is 16.4. The first-order valence-electron chi connectivity index (χ1n) is 3.69. The second kappa shape index (κ2) is 4.08. The summed E-state index contributed by atoms with van der Waals surface area (Å²) in [7, 11) is 0. The van der Waals surface area contributed by atoms with Crippen LogP contribution in [-0.4, -0.2) is 4.98 Å². The Morgan fingerprint density at radius 2 is 1.79 bits per heavy atom. The fraction of sp³-hybridized carbons (Fsp3) is 0. The molecule has 14 heavy (non-hydrogen) atoms. The molecular formula is C9H3Br3ClN. The van der Waals surface area contributed by atoms with Crippen LogP contribution in [0.5, 0.6) is 0 Å². The SMILES string of the molecule is Clc1ccc(Br)c2c(Br)c(Br)cnc12. The summed E-state index contributed by atoms with van der Waals surface area (Å²) in [6.45, 7) is 0. The predicted octanol–water partition coefficient (Wildman–Crippen LogP) is 5.18. The van der Waals surface area contributed by atoms with E-state index in [2.05, 4.69) is 52.8 Å². The van der Waals surface area contributed by atoms with E-state index in [0.717, 1.165) is 24.3 Å². The van der Waals surface area contributed by atoms with E-state index in [1.54, 1.807) is 6.20 Å². The Kier molecular flexibility index (Phi) is 3.17. The lowest BCUT2D eigenvalue weighted by Gasteiger charge is -2.05. The molecule has 1 aromatic carbocycles. The highest BCUT2D eigenvalue weighted by Gasteiger charge is 2.10. The molecule has 0 unspecified atom stereocenters. The number of halogens is 4. The van der Waals surface area contributed by atoms with Gasteiger partial charge in [-0.1, -0.05) is 27.5 Å². The van der Waals surface area contributed by atoms with Crippen LogP contribution in [0.3, 0.4) is 0 Å². The first-order chi connectivity index (χ1) is 6.61. The number of pyridine rings is 1. The Hall–Kier alpha value is 0.360. The van der Waals surface area contributed by atoms with Crippen LogP contribution in [0, 0.1) is 0 Å². The van der Waals surface area contributed by atoms with Crippen LogP contribution in [0.2, 0.25) is 5.02 Å². The number of hydrogen-bond acceptors (Lipinski definition) is 1. The van der Waals surface area contributed by atoms with Gasteiger partial charge in [-0.2, -0.15) is 0 Å². The van der Waals surface area contributed by atoms with Crippen molar-refractivity contribution in [2.45, 2.75) is 0 Å². The summed E-state index contributed by atoms with van der Waals surface area (Å²) in [6.07, 6.45) is 1.73. The van der Waals surface area contributed by atoms with Gasteiger partial charge in [0.2, 0.25) is 0 Å². The zero-order valence-electron chi connectivity index (χ0n) is 6.69. The molecule has 0 spiro atoms. The van der Waals surface area contributed by atoms with Gasteiger partial charge in [-0.25, -0.2) is 0 Å². The van der Waals surface area contributed by atoms with Crippen LogP contribution >= 0.6 is 59.4 Å². The minimum Gasteiger partial charge on any atom is -0.253 e. The molecule has 0 saturated carbocycles. The third-order valence-electron chi connectivity index (χ3n) is 1.81. The van der Waals surface area contributed by atoms with Crippen LogP contribution in [0.15, 0.2) is 31.7 Å². The summed E-state index contributed by atoms with van der Waals surface area (Å²) in [6, 6.07) is 3.73. The molecule has 1 heterocycles. The van der Waals surface area contributed by atoms with Gasteiger partial charge in [-0.3, -0.25) is 4.98 Å². The normalized spacial score (nSPS) is 10.9. The van der Waals surface area contributed by atoms with E-state index in [1.165, 1.54) is 0 Å². The number of rotatable bonds is 0. The fourth-order valence-electron chi connectivity index (χ4n) is 1.17. The summed E-state index contributed by atoms with van der Waals surface area (Å²) in [5.74, 6) is 0. The first kappa shape index (κ1) is 10.9. The fourth-order valence-corrected chi connectivity index (χ4v) is 2.97. The molecule has 2 rings (SSSR count). The van der Waals surface area contributed by atoms with Crippen molar-refractivity contribution in [3.8, 4) is 0 Å². The molecule has 0 saturated heterocycles. The largest absolute Gasteiger partial charge is 0.253 e. The van der Waals surface area contributed by atoms with Crippen LogP contribution < -0.4 is 0 Å². The minimum atomic E-state index is 0.649. The number of fused-ring (bicyclic) bond motifs is 1. The lowest BCUT2D eigenvalue weighted by Crippen LogP contribution is -1.84. The Morgan fingerprint density at radius 1 is 1.07 bits per heavy atom. The van der Waals surface area contributed by atoms with E-state index in [1.807, 2.05) is 12.1 Å². The van der Waals surface area contributed by atoms with Crippen molar-refractivity contribution >= 4 is 70.3 Å². The molecule has 0 N–H and O–H groups in total. The highest BCUT2D eigenvalue weighted by Crippen LogP contribution is 2.37. The third kappa shape index (κ3) is 1.73. The molecule has 0 atom stereocenters. The summed E-state index contributed by atoms with van der Waals surface area (Å²) in [5.41, 5.74) is 0.788. The van der Waals surface area contributed by atoms with Gasteiger partial charge < -0.3 is 0 Å². The second-order valence-electron chi connectivity index (χ2n) is 2.67. The van der Waals surface area contributed by atoms with Crippen molar-refractivity contribution in [2.24, 2.45) is 0 Å². The minimum absolute atomic E-state index is 0.649. The van der Waals surface area contributed by atoms with Gasteiger partial charge in [0.15, 0.2) is 0 Å². The molecular weight excluding hydrogens is 397 g/mol. The summed E-state index contributed by atoms with van der Waals surface area (Å²) in [4.78, 5) is 4.26. The molecule has 0 radical (unpaired) electrons. The number of aromatic nitrogens is 1. The first-order valence-corrected chi connectivity index (χ1v) is 6.44. The van der Waals surface area contributed by atoms with Crippen molar-refractivity contribution < 1.29 is 0 Å². The van der Waals surface area contributed by atoms with Crippen LogP contribution in [0.4, 0.5) is 0 Å². The number of hydrogen-bond donors (Lipinski definition) is 0. The van der Waals surface area contributed by atoms with Crippen LogP contribution in [-0.2, 0) is 0 Å². The summed E-state index contributed by atoms with van der Waals surface area (Å²) < 4.78 is 2.84. The smallest absolute Gasteiger partial charge is 0.0911 e. The van der Waals surface area contributed by atoms with Gasteiger partial charge in [-0.15, -0.1) is 0 Å². The Morgan fingerprint density at radius 3 is 2.50 bits per heavy atom. The van der Waals surface area contributed by atoms with E-state index in [0.29, 0.717) is 5.02 Å². The zero-order chi connectivity index (χ0) is 10.3. The number of benzene rings is 1. The molecule has 0 bridgehead atoms. The quantitative estimate of drug-likeness (QED) is 0.594. The Balaban J connectivity index is 3.01. The average Bonchev–Trinajstić information content (AvgIpc) is 2.16. The average molecular weight is 400 g/mol. The van der Waals surface area contributed by atoms with Crippen molar-refractivity contribution in [1.82, 2.24) is 4.98 Å². The van der Waals surface area contributed by atoms with Gasteiger partial charge in [0.05, 0.1) is 15.0 Å². The van der Waals surface area contributed by atoms with E-state index in [4.69, 9.17) is 11.6 Å². The molecule has 0 fully saturated rings. The van der Waals surface area contributed by atoms with E-state index < -0.39 is 0 Å². The van der Waals surface area contributed by atoms with Crippen molar-refractivity contribution in [2.75, 3.05) is 0 Å². The second-order valence-corrected chi connectivity index (χ2v) is 5.58. The molecule has 0 aliphatic heterocycles. The number of nitrogens with zero attached hydrogens (tertiary/aromatic N) is 1. The van der Waals surface area contributed by atoms with Gasteiger partial charge in [0, 0.05) is 20.5 Å². The van der Waals surface area contributed by atoms with Gasteiger partial charge in [-0.05, 0) is 44.0 Å². The predicted molar refractivity (Wildman–Crippen MR) is 69.9 cm³/mol. The highest BCUT2D eigenvalue weighted by molar-refractivity contribution is 9.13. The molecule has 2 aromatic rings. The molecule has 0 aliphatic rings. The van der Waals surface area contributed by atoms with Crippen molar-refractivity contribution in [3.05, 3.63) is 36.8 Å². The maximum Gasteiger partial charge on any atom is 0.0911 e. The standard InChI is InChI=1S/C9H3Br3ClN/c10-4-1-2-6(13)9-7(4)8(12)5(11)3-14-9/h1-3H. The van der Waals surface area contributed by atoms with Gasteiger partial charge in [0.1, 0.15) is 0 Å². The molecule has 0 aliphatic carbocycles. The third-order valence-corrected chi connectivity index (χ3v) is 4.74. The Bertz CT molecular complexity index is 513. The summed E-state index contributed by atoms with van der Waals surface area (Å²) in [5, 5.41) is 1.63. The van der Waals surface area contributed by atoms with E-state index in [-0.39, 0.29) is 0 Å². The maximum absolute atomic E-state index is 6.03. The Labute approximate surface area is 111 Å². The van der Waals surface area contributed by atoms with E-state index in [9.17, 15) is 0 Å². The van der Waals surface area contributed by atoms with Crippen molar-refractivity contribution in [3.63, 3.8) is 0 Å². The van der Waals surface area contributed by atoms with Crippen molar-refractivity contribution in [1.29, 1.82) is 0 Å². The van der Waals surface area contributed by atoms with Crippen LogP contribution in [0.1, 0.15) is 0 Å². The zero-order valence-corrected chi connectivity index (χ0v) is 12.2. The molecule has 1 aromatic heterocycles. The topological polar surface area (TPSA) is 12.9 Å². The maximum atomic E-state index is 6.03. The lowest BCUT2D eigenvalue weighted by molar-refractivity contribution is 1.37. The van der Waals surface area contributed by atoms with E-state index >= 15 is 0 Å². The molecule has 5 heteroatoms. The molecule has 0 amide bonds. The van der Waals surface area contributed by atoms with Gasteiger partial charge >= 0.3 is 0 Å². The lowest BCUT2D eigenvalue weighted by atomic mass is 10.2. The molecule has 1 nitrogen and oxygen atoms in total. The van der Waals surface area contributed by atoms with Crippen LogP contribution in [0.25, 0.3) is 10.9 Å². The highest BCUT2D eigenvalue weighted by atomic mass is 79.9.